The molecular weight excluding hydrogens is 336 g/mol. The maximum atomic E-state index is 13.1. The summed E-state index contributed by atoms with van der Waals surface area (Å²) in [6.07, 6.45) is 2.91. The minimum atomic E-state index is -0.287. The van der Waals surface area contributed by atoms with E-state index in [4.69, 9.17) is 16.3 Å². The molecule has 1 N–H and O–H groups in total. The summed E-state index contributed by atoms with van der Waals surface area (Å²) < 4.78 is 6.23. The summed E-state index contributed by atoms with van der Waals surface area (Å²) in [6.45, 7) is 8.14. The van der Waals surface area contributed by atoms with Crippen molar-refractivity contribution in [2.24, 2.45) is 11.3 Å². The van der Waals surface area contributed by atoms with E-state index in [2.05, 4.69) is 19.2 Å². The van der Waals surface area contributed by atoms with E-state index in [1.807, 2.05) is 29.2 Å². The second-order valence-electron chi connectivity index (χ2n) is 7.93. The number of halogens is 1. The molecule has 2 heterocycles. The van der Waals surface area contributed by atoms with Crippen molar-refractivity contribution in [2.75, 3.05) is 26.2 Å². The highest BCUT2D eigenvalue weighted by molar-refractivity contribution is 6.30. The van der Waals surface area contributed by atoms with Crippen LogP contribution < -0.4 is 5.32 Å². The number of carbonyl (C=O) groups excluding carboxylic acids is 1. The quantitative estimate of drug-likeness (QED) is 0.869. The van der Waals surface area contributed by atoms with E-state index >= 15 is 0 Å². The standard InChI is InChI=1S/C20H29ClN2O2/c1-15(2)11-23-12-18(25-13-16-5-3-6-17(21)9-16)10-20(19(23)24)7-4-8-22-14-20/h3,5-6,9,15,18,22H,4,7-8,10-14H2,1-2H3/t18-,20-/m0/s1. The molecule has 0 radical (unpaired) electrons. The van der Waals surface area contributed by atoms with Crippen LogP contribution in [0.3, 0.4) is 0 Å². The third-order valence-corrected chi connectivity index (χ3v) is 5.45. The fourth-order valence-electron chi connectivity index (χ4n) is 4.13. The van der Waals surface area contributed by atoms with Crippen LogP contribution in [0.4, 0.5) is 0 Å². The molecule has 25 heavy (non-hydrogen) atoms. The maximum Gasteiger partial charge on any atom is 0.230 e. The van der Waals surface area contributed by atoms with Gasteiger partial charge in [0.1, 0.15) is 0 Å². The van der Waals surface area contributed by atoms with Crippen LogP contribution >= 0.6 is 11.6 Å². The minimum absolute atomic E-state index is 0.0790. The van der Waals surface area contributed by atoms with Crippen molar-refractivity contribution in [1.82, 2.24) is 10.2 Å². The summed E-state index contributed by atoms with van der Waals surface area (Å²) in [4.78, 5) is 15.1. The van der Waals surface area contributed by atoms with Crippen molar-refractivity contribution >= 4 is 17.5 Å². The number of hydrogen-bond donors (Lipinski definition) is 1. The Kier molecular flexibility index (Phi) is 6.03. The lowest BCUT2D eigenvalue weighted by molar-refractivity contribution is -0.158. The first-order valence-electron chi connectivity index (χ1n) is 9.35. The first kappa shape index (κ1) is 18.7. The lowest BCUT2D eigenvalue weighted by atomic mass is 9.72. The molecule has 5 heteroatoms. The number of rotatable bonds is 5. The molecule has 2 aliphatic rings. The molecular formula is C20H29ClN2O2. The Balaban J connectivity index is 1.70. The molecule has 0 saturated carbocycles. The van der Waals surface area contributed by atoms with Gasteiger partial charge in [-0.05, 0) is 49.4 Å². The molecule has 0 unspecified atom stereocenters. The number of carbonyl (C=O) groups is 1. The minimum Gasteiger partial charge on any atom is -0.372 e. The number of piperidine rings is 2. The van der Waals surface area contributed by atoms with Crippen molar-refractivity contribution in [1.29, 1.82) is 0 Å². The van der Waals surface area contributed by atoms with Gasteiger partial charge in [0.25, 0.3) is 0 Å². The van der Waals surface area contributed by atoms with E-state index in [1.165, 1.54) is 0 Å². The van der Waals surface area contributed by atoms with Crippen molar-refractivity contribution in [3.05, 3.63) is 34.9 Å². The second kappa shape index (κ2) is 8.07. The van der Waals surface area contributed by atoms with E-state index in [0.717, 1.165) is 49.5 Å². The zero-order chi connectivity index (χ0) is 17.9. The average Bonchev–Trinajstić information content (AvgIpc) is 2.58. The van der Waals surface area contributed by atoms with Crippen LogP contribution in [0, 0.1) is 11.3 Å². The molecule has 1 spiro atoms. The number of ether oxygens (including phenoxy) is 1. The normalized spacial score (nSPS) is 27.3. The molecule has 2 saturated heterocycles. The van der Waals surface area contributed by atoms with Gasteiger partial charge in [-0.3, -0.25) is 4.79 Å². The first-order chi connectivity index (χ1) is 12.0. The number of nitrogens with one attached hydrogen (secondary N) is 1. The zero-order valence-electron chi connectivity index (χ0n) is 15.3. The van der Waals surface area contributed by atoms with E-state index in [1.54, 1.807) is 0 Å². The molecule has 1 amide bonds. The number of amides is 1. The van der Waals surface area contributed by atoms with Crippen LogP contribution in [0.25, 0.3) is 0 Å². The highest BCUT2D eigenvalue weighted by Gasteiger charge is 2.48. The van der Waals surface area contributed by atoms with Gasteiger partial charge in [-0.2, -0.15) is 0 Å². The van der Waals surface area contributed by atoms with E-state index < -0.39 is 0 Å². The summed E-state index contributed by atoms with van der Waals surface area (Å²) in [5, 5.41) is 4.16. The van der Waals surface area contributed by atoms with Crippen LogP contribution in [-0.4, -0.2) is 43.1 Å². The third-order valence-electron chi connectivity index (χ3n) is 5.22. The molecule has 1 aromatic carbocycles. The highest BCUT2D eigenvalue weighted by atomic mass is 35.5. The summed E-state index contributed by atoms with van der Waals surface area (Å²) in [6, 6.07) is 7.80. The zero-order valence-corrected chi connectivity index (χ0v) is 16.0. The van der Waals surface area contributed by atoms with Gasteiger partial charge in [0.15, 0.2) is 0 Å². The smallest absolute Gasteiger partial charge is 0.230 e. The molecule has 2 aliphatic heterocycles. The largest absolute Gasteiger partial charge is 0.372 e. The monoisotopic (exact) mass is 364 g/mol. The molecule has 2 fully saturated rings. The SMILES string of the molecule is CC(C)CN1C[C@@H](OCc2cccc(Cl)c2)C[C@]2(CCCNC2)C1=O. The Morgan fingerprint density at radius 2 is 2.28 bits per heavy atom. The van der Waals surface area contributed by atoms with Crippen molar-refractivity contribution in [2.45, 2.75) is 45.8 Å². The van der Waals surface area contributed by atoms with Gasteiger partial charge < -0.3 is 15.0 Å². The predicted molar refractivity (Wildman–Crippen MR) is 101 cm³/mol. The van der Waals surface area contributed by atoms with Crippen LogP contribution in [0.15, 0.2) is 24.3 Å². The average molecular weight is 365 g/mol. The van der Waals surface area contributed by atoms with E-state index in [0.29, 0.717) is 25.0 Å². The Morgan fingerprint density at radius 1 is 1.44 bits per heavy atom. The number of benzene rings is 1. The van der Waals surface area contributed by atoms with Gasteiger partial charge >= 0.3 is 0 Å². The Bertz CT molecular complexity index is 599. The summed E-state index contributed by atoms with van der Waals surface area (Å²) in [5.74, 6) is 0.778. The van der Waals surface area contributed by atoms with Crippen molar-refractivity contribution in [3.8, 4) is 0 Å². The van der Waals surface area contributed by atoms with Crippen molar-refractivity contribution < 1.29 is 9.53 Å². The van der Waals surface area contributed by atoms with Crippen molar-refractivity contribution in [3.63, 3.8) is 0 Å². The van der Waals surface area contributed by atoms with Gasteiger partial charge in [-0.25, -0.2) is 0 Å². The van der Waals surface area contributed by atoms with Gasteiger partial charge in [-0.1, -0.05) is 37.6 Å². The summed E-state index contributed by atoms with van der Waals surface area (Å²) >= 11 is 6.07. The molecule has 0 aromatic heterocycles. The third kappa shape index (κ3) is 4.55. The fourth-order valence-corrected chi connectivity index (χ4v) is 4.34. The first-order valence-corrected chi connectivity index (χ1v) is 9.72. The van der Waals surface area contributed by atoms with Gasteiger partial charge in [0, 0.05) is 24.7 Å². The molecule has 0 bridgehead atoms. The van der Waals surface area contributed by atoms with Gasteiger partial charge in [0.2, 0.25) is 5.91 Å². The van der Waals surface area contributed by atoms with Crippen LogP contribution in [-0.2, 0) is 16.1 Å². The molecule has 2 atom stereocenters. The molecule has 0 aliphatic carbocycles. The van der Waals surface area contributed by atoms with Gasteiger partial charge in [0.05, 0.1) is 18.1 Å². The Morgan fingerprint density at radius 3 is 2.96 bits per heavy atom. The van der Waals surface area contributed by atoms with Gasteiger partial charge in [-0.15, -0.1) is 0 Å². The summed E-state index contributed by atoms with van der Waals surface area (Å²) in [7, 11) is 0. The molecule has 138 valence electrons. The Hall–Kier alpha value is -1.10. The van der Waals surface area contributed by atoms with E-state index in [-0.39, 0.29) is 11.5 Å². The molecule has 4 nitrogen and oxygen atoms in total. The lowest BCUT2D eigenvalue weighted by Gasteiger charge is -2.47. The van der Waals surface area contributed by atoms with Crippen LogP contribution in [0.1, 0.15) is 38.7 Å². The topological polar surface area (TPSA) is 41.6 Å². The Labute approximate surface area is 155 Å². The van der Waals surface area contributed by atoms with Crippen LogP contribution in [0.5, 0.6) is 0 Å². The number of nitrogens with zero attached hydrogens (tertiary/aromatic N) is 1. The number of likely N-dealkylation sites (tertiary alicyclic amines) is 1. The molecule has 3 rings (SSSR count). The second-order valence-corrected chi connectivity index (χ2v) is 8.37. The summed E-state index contributed by atoms with van der Waals surface area (Å²) in [5.41, 5.74) is 0.792. The predicted octanol–water partition coefficient (Wildman–Crippen LogP) is 3.48. The fraction of sp³-hybridized carbons (Fsp3) is 0.650. The number of hydrogen-bond acceptors (Lipinski definition) is 3. The molecule has 1 aromatic rings. The van der Waals surface area contributed by atoms with E-state index in [9.17, 15) is 4.79 Å². The highest BCUT2D eigenvalue weighted by Crippen LogP contribution is 2.38. The van der Waals surface area contributed by atoms with Crippen LogP contribution in [0.2, 0.25) is 5.02 Å². The maximum absolute atomic E-state index is 13.1. The lowest BCUT2D eigenvalue weighted by Crippen LogP contribution is -2.60.